The van der Waals surface area contributed by atoms with Gasteiger partial charge in [0.05, 0.1) is 5.52 Å². The third-order valence-corrected chi connectivity index (χ3v) is 4.57. The molecule has 3 aromatic rings. The summed E-state index contributed by atoms with van der Waals surface area (Å²) < 4.78 is 4.07. The van der Waals surface area contributed by atoms with Crippen molar-refractivity contribution in [3.05, 3.63) is 48.8 Å². The van der Waals surface area contributed by atoms with E-state index in [0.29, 0.717) is 0 Å². The normalized spacial score (nSPS) is 11.9. The van der Waals surface area contributed by atoms with Gasteiger partial charge in [0.2, 0.25) is 0 Å². The van der Waals surface area contributed by atoms with Crippen molar-refractivity contribution < 1.29 is 28.5 Å². The van der Waals surface area contributed by atoms with Crippen LogP contribution in [-0.4, -0.2) is 15.0 Å². The molecule has 0 aliphatic rings. The third-order valence-electron chi connectivity index (χ3n) is 4.57. The van der Waals surface area contributed by atoms with Gasteiger partial charge in [-0.15, -0.1) is 5.10 Å². The lowest BCUT2D eigenvalue weighted by Crippen LogP contribution is -3.00. The number of halogens is 1. The Bertz CT molecular complexity index is 784. The van der Waals surface area contributed by atoms with Crippen LogP contribution in [0.25, 0.3) is 11.0 Å². The molecule has 0 bridgehead atoms. The third kappa shape index (κ3) is 5.40. The first-order chi connectivity index (χ1) is 12.3. The summed E-state index contributed by atoms with van der Waals surface area (Å²) in [6.45, 7) is 2.25. The van der Waals surface area contributed by atoms with Gasteiger partial charge in [-0.25, -0.2) is 9.25 Å². The predicted molar refractivity (Wildman–Crippen MR) is 101 cm³/mol. The minimum absolute atomic E-state index is 0. The van der Waals surface area contributed by atoms with Crippen molar-refractivity contribution in [2.24, 2.45) is 7.05 Å². The molecule has 0 radical (unpaired) electrons. The summed E-state index contributed by atoms with van der Waals surface area (Å²) in [5.74, 6) is 0. The van der Waals surface area contributed by atoms with Crippen LogP contribution >= 0.6 is 0 Å². The SMILES string of the molecule is CCCCCCCC(Nc1cc[n+](C)cc1)n1nnc2ccccc21.[I-]. The number of hydrogen-bond donors (Lipinski definition) is 1. The van der Waals surface area contributed by atoms with Crippen LogP contribution in [0.5, 0.6) is 0 Å². The Morgan fingerprint density at radius 2 is 1.77 bits per heavy atom. The first kappa shape index (κ1) is 20.6. The van der Waals surface area contributed by atoms with Crippen LogP contribution in [0.1, 0.15) is 51.6 Å². The Morgan fingerprint density at radius 1 is 1.04 bits per heavy atom. The van der Waals surface area contributed by atoms with Crippen LogP contribution in [0, 0.1) is 0 Å². The summed E-state index contributed by atoms with van der Waals surface area (Å²) in [5, 5.41) is 12.4. The van der Waals surface area contributed by atoms with Gasteiger partial charge >= 0.3 is 0 Å². The van der Waals surface area contributed by atoms with Gasteiger partial charge in [-0.2, -0.15) is 0 Å². The van der Waals surface area contributed by atoms with Gasteiger partial charge in [-0.05, 0) is 25.0 Å². The summed E-state index contributed by atoms with van der Waals surface area (Å²) in [7, 11) is 2.03. The number of hydrogen-bond acceptors (Lipinski definition) is 3. The average molecular weight is 465 g/mol. The lowest BCUT2D eigenvalue weighted by Gasteiger charge is -2.20. The number of nitrogens with one attached hydrogen (secondary N) is 1. The number of unbranched alkanes of at least 4 members (excludes halogenated alkanes) is 4. The zero-order chi connectivity index (χ0) is 17.5. The molecule has 140 valence electrons. The number of rotatable bonds is 9. The fraction of sp³-hybridized carbons (Fsp3) is 0.450. The van der Waals surface area contributed by atoms with Gasteiger partial charge in [-0.1, -0.05) is 50.0 Å². The van der Waals surface area contributed by atoms with E-state index >= 15 is 0 Å². The number of aryl methyl sites for hydroxylation is 1. The number of benzene rings is 1. The minimum Gasteiger partial charge on any atom is -1.00 e. The maximum Gasteiger partial charge on any atom is 0.170 e. The first-order valence-electron chi connectivity index (χ1n) is 9.29. The Morgan fingerprint density at radius 3 is 2.54 bits per heavy atom. The summed E-state index contributed by atoms with van der Waals surface area (Å²) in [5.41, 5.74) is 3.13. The molecule has 0 aliphatic heterocycles. The number of para-hydroxylation sites is 1. The largest absolute Gasteiger partial charge is 1.00 e. The molecule has 2 heterocycles. The van der Waals surface area contributed by atoms with Gasteiger partial charge in [0.15, 0.2) is 12.4 Å². The van der Waals surface area contributed by atoms with Gasteiger partial charge in [0, 0.05) is 17.8 Å². The molecule has 0 aliphatic carbocycles. The first-order valence-corrected chi connectivity index (χ1v) is 9.29. The Kier molecular flexibility index (Phi) is 8.28. The van der Waals surface area contributed by atoms with Crippen LogP contribution in [0.2, 0.25) is 0 Å². The van der Waals surface area contributed by atoms with Crippen LogP contribution in [-0.2, 0) is 7.05 Å². The van der Waals surface area contributed by atoms with Gasteiger partial charge in [0.1, 0.15) is 18.7 Å². The predicted octanol–water partition coefficient (Wildman–Crippen LogP) is 1.23. The highest BCUT2D eigenvalue weighted by Crippen LogP contribution is 2.23. The molecule has 1 N–H and O–H groups in total. The van der Waals surface area contributed by atoms with Gasteiger partial charge < -0.3 is 29.3 Å². The fourth-order valence-electron chi connectivity index (χ4n) is 3.10. The molecule has 0 spiro atoms. The molecular formula is C20H28IN5. The highest BCUT2D eigenvalue weighted by Gasteiger charge is 2.15. The number of nitrogens with zero attached hydrogens (tertiary/aromatic N) is 4. The second kappa shape index (κ2) is 10.4. The molecule has 1 aromatic carbocycles. The van der Waals surface area contributed by atoms with Crippen molar-refractivity contribution in [3.8, 4) is 0 Å². The average Bonchev–Trinajstić information content (AvgIpc) is 3.06. The second-order valence-electron chi connectivity index (χ2n) is 6.64. The van der Waals surface area contributed by atoms with Crippen molar-refractivity contribution in [1.29, 1.82) is 0 Å². The zero-order valence-corrected chi connectivity index (χ0v) is 17.8. The highest BCUT2D eigenvalue weighted by atomic mass is 127. The fourth-order valence-corrected chi connectivity index (χ4v) is 3.10. The highest BCUT2D eigenvalue weighted by molar-refractivity contribution is 5.74. The number of pyridine rings is 1. The standard InChI is InChI=1S/C20H27N5.HI/c1-3-4-5-6-7-12-20(21-17-13-15-24(2)16-14-17)25-19-11-9-8-10-18(19)22-23-25;/h8-11,13-16,20H,3-7,12H2,1-2H3;1H. The Labute approximate surface area is 172 Å². The molecule has 2 aromatic heterocycles. The zero-order valence-electron chi connectivity index (χ0n) is 15.6. The molecule has 0 saturated carbocycles. The molecule has 0 saturated heterocycles. The van der Waals surface area contributed by atoms with Gasteiger partial charge in [-0.3, -0.25) is 0 Å². The molecule has 26 heavy (non-hydrogen) atoms. The van der Waals surface area contributed by atoms with E-state index in [1.165, 1.54) is 32.1 Å². The van der Waals surface area contributed by atoms with Crippen molar-refractivity contribution in [2.45, 2.75) is 51.6 Å². The van der Waals surface area contributed by atoms with Crippen LogP contribution in [0.3, 0.4) is 0 Å². The topological polar surface area (TPSA) is 46.6 Å². The molecule has 3 rings (SSSR count). The molecular weight excluding hydrogens is 437 g/mol. The maximum atomic E-state index is 4.42. The minimum atomic E-state index is 0. The molecule has 0 fully saturated rings. The number of anilines is 1. The van der Waals surface area contributed by atoms with E-state index in [-0.39, 0.29) is 30.1 Å². The van der Waals surface area contributed by atoms with Crippen molar-refractivity contribution >= 4 is 16.7 Å². The molecule has 1 unspecified atom stereocenters. The van der Waals surface area contributed by atoms with E-state index in [9.17, 15) is 0 Å². The quantitative estimate of drug-likeness (QED) is 0.294. The van der Waals surface area contributed by atoms with Crippen LogP contribution in [0.15, 0.2) is 48.8 Å². The monoisotopic (exact) mass is 465 g/mol. The molecule has 1 atom stereocenters. The Hall–Kier alpha value is -1.70. The summed E-state index contributed by atoms with van der Waals surface area (Å²) >= 11 is 0. The van der Waals surface area contributed by atoms with E-state index in [2.05, 4.69) is 53.1 Å². The van der Waals surface area contributed by atoms with Crippen molar-refractivity contribution in [2.75, 3.05) is 5.32 Å². The summed E-state index contributed by atoms with van der Waals surface area (Å²) in [6.07, 6.45) is 11.6. The van der Waals surface area contributed by atoms with E-state index in [0.717, 1.165) is 23.1 Å². The lowest BCUT2D eigenvalue weighted by atomic mass is 10.1. The van der Waals surface area contributed by atoms with E-state index in [1.807, 2.05) is 34.5 Å². The van der Waals surface area contributed by atoms with Gasteiger partial charge in [0.25, 0.3) is 0 Å². The molecule has 0 amide bonds. The molecule has 6 heteroatoms. The second-order valence-corrected chi connectivity index (χ2v) is 6.64. The molecule has 5 nitrogen and oxygen atoms in total. The van der Waals surface area contributed by atoms with Crippen molar-refractivity contribution in [1.82, 2.24) is 15.0 Å². The smallest absolute Gasteiger partial charge is 0.170 e. The maximum absolute atomic E-state index is 4.42. The number of aromatic nitrogens is 4. The van der Waals surface area contributed by atoms with Crippen LogP contribution in [0.4, 0.5) is 5.69 Å². The Balaban J connectivity index is 0.00000243. The number of fused-ring (bicyclic) bond motifs is 1. The summed E-state index contributed by atoms with van der Waals surface area (Å²) in [6, 6.07) is 12.4. The van der Waals surface area contributed by atoms with E-state index in [1.54, 1.807) is 0 Å². The van der Waals surface area contributed by atoms with Crippen molar-refractivity contribution in [3.63, 3.8) is 0 Å². The van der Waals surface area contributed by atoms with E-state index < -0.39 is 0 Å². The lowest BCUT2D eigenvalue weighted by molar-refractivity contribution is -0.671. The summed E-state index contributed by atoms with van der Waals surface area (Å²) in [4.78, 5) is 0. The van der Waals surface area contributed by atoms with E-state index in [4.69, 9.17) is 0 Å². The van der Waals surface area contributed by atoms with Crippen LogP contribution < -0.4 is 33.9 Å².